The van der Waals surface area contributed by atoms with Crippen molar-refractivity contribution in [2.24, 2.45) is 11.7 Å². The van der Waals surface area contributed by atoms with E-state index in [0.717, 1.165) is 25.7 Å². The Morgan fingerprint density at radius 3 is 2.33 bits per heavy atom. The lowest BCUT2D eigenvalue weighted by Crippen LogP contribution is -2.50. The van der Waals surface area contributed by atoms with E-state index in [4.69, 9.17) is 5.73 Å². The van der Waals surface area contributed by atoms with E-state index in [1.807, 2.05) is 0 Å². The number of carbonyl (C=O) groups is 1. The van der Waals surface area contributed by atoms with Crippen LogP contribution in [0, 0.1) is 5.92 Å². The van der Waals surface area contributed by atoms with Crippen molar-refractivity contribution in [2.45, 2.75) is 64.5 Å². The molecule has 0 heterocycles. The van der Waals surface area contributed by atoms with Crippen LogP contribution in [0.1, 0.15) is 63.6 Å². The van der Waals surface area contributed by atoms with Crippen LogP contribution in [-0.4, -0.2) is 11.4 Å². The van der Waals surface area contributed by atoms with Gasteiger partial charge in [-0.1, -0.05) is 45.0 Å². The molecule has 0 radical (unpaired) electrons. The molecule has 21 heavy (non-hydrogen) atoms. The molecule has 3 nitrogen and oxygen atoms in total. The van der Waals surface area contributed by atoms with Gasteiger partial charge in [0, 0.05) is 12.0 Å². The minimum atomic E-state index is -0.252. The zero-order chi connectivity index (χ0) is 15.5. The fourth-order valence-corrected chi connectivity index (χ4v) is 2.95. The first kappa shape index (κ1) is 16.0. The SMILES string of the molecule is CCc1ccc(C(NC(=O)CC2(N)CCC2)C(C)C)cc1. The summed E-state index contributed by atoms with van der Waals surface area (Å²) in [6.07, 6.45) is 4.57. The lowest BCUT2D eigenvalue weighted by atomic mass is 9.75. The lowest BCUT2D eigenvalue weighted by Gasteiger charge is -2.38. The van der Waals surface area contributed by atoms with E-state index < -0.39 is 0 Å². The van der Waals surface area contributed by atoms with Gasteiger partial charge in [0.05, 0.1) is 6.04 Å². The Morgan fingerprint density at radius 1 is 1.29 bits per heavy atom. The predicted molar refractivity (Wildman–Crippen MR) is 86.9 cm³/mol. The van der Waals surface area contributed by atoms with Crippen molar-refractivity contribution in [3.63, 3.8) is 0 Å². The zero-order valence-corrected chi connectivity index (χ0v) is 13.5. The van der Waals surface area contributed by atoms with Crippen LogP contribution in [0.3, 0.4) is 0 Å². The van der Waals surface area contributed by atoms with Gasteiger partial charge in [-0.25, -0.2) is 0 Å². The van der Waals surface area contributed by atoms with E-state index in [-0.39, 0.29) is 17.5 Å². The summed E-state index contributed by atoms with van der Waals surface area (Å²) in [6, 6.07) is 8.61. The van der Waals surface area contributed by atoms with Gasteiger partial charge in [0.25, 0.3) is 0 Å². The molecule has 1 atom stereocenters. The fraction of sp³-hybridized carbons (Fsp3) is 0.611. The van der Waals surface area contributed by atoms with Gasteiger partial charge < -0.3 is 11.1 Å². The smallest absolute Gasteiger partial charge is 0.222 e. The summed E-state index contributed by atoms with van der Waals surface area (Å²) < 4.78 is 0. The Morgan fingerprint density at radius 2 is 1.90 bits per heavy atom. The van der Waals surface area contributed by atoms with E-state index in [1.54, 1.807) is 0 Å². The largest absolute Gasteiger partial charge is 0.349 e. The maximum Gasteiger partial charge on any atom is 0.222 e. The van der Waals surface area contributed by atoms with E-state index in [2.05, 4.69) is 50.4 Å². The molecular formula is C18H28N2O. The van der Waals surface area contributed by atoms with Crippen LogP contribution < -0.4 is 11.1 Å². The number of nitrogens with two attached hydrogens (primary N) is 1. The van der Waals surface area contributed by atoms with Crippen molar-refractivity contribution in [3.05, 3.63) is 35.4 Å². The average Bonchev–Trinajstić information content (AvgIpc) is 2.43. The van der Waals surface area contributed by atoms with Crippen molar-refractivity contribution in [3.8, 4) is 0 Å². The molecule has 2 rings (SSSR count). The van der Waals surface area contributed by atoms with Crippen LogP contribution in [0.25, 0.3) is 0 Å². The first-order valence-corrected chi connectivity index (χ1v) is 8.10. The molecule has 0 spiro atoms. The standard InChI is InChI=1S/C18H28N2O/c1-4-14-6-8-15(9-7-14)17(13(2)3)20-16(21)12-18(19)10-5-11-18/h6-9,13,17H,4-5,10-12,19H2,1-3H3,(H,20,21). The van der Waals surface area contributed by atoms with E-state index in [1.165, 1.54) is 11.1 Å². The van der Waals surface area contributed by atoms with Gasteiger partial charge in [-0.15, -0.1) is 0 Å². The number of benzene rings is 1. The molecule has 3 heteroatoms. The van der Waals surface area contributed by atoms with Crippen molar-refractivity contribution in [1.82, 2.24) is 5.32 Å². The number of rotatable bonds is 6. The number of hydrogen-bond acceptors (Lipinski definition) is 2. The van der Waals surface area contributed by atoms with Crippen molar-refractivity contribution < 1.29 is 4.79 Å². The molecule has 1 aliphatic rings. The first-order valence-electron chi connectivity index (χ1n) is 8.10. The third-order valence-corrected chi connectivity index (χ3v) is 4.59. The Bertz CT molecular complexity index is 474. The molecule has 116 valence electrons. The highest BCUT2D eigenvalue weighted by atomic mass is 16.1. The molecule has 1 aromatic carbocycles. The van der Waals surface area contributed by atoms with Crippen molar-refractivity contribution >= 4 is 5.91 Å². The van der Waals surface area contributed by atoms with Gasteiger partial charge in [0.15, 0.2) is 0 Å². The van der Waals surface area contributed by atoms with Gasteiger partial charge in [0.2, 0.25) is 5.91 Å². The molecule has 1 saturated carbocycles. The van der Waals surface area contributed by atoms with Gasteiger partial charge in [-0.3, -0.25) is 4.79 Å². The maximum atomic E-state index is 12.3. The molecule has 0 aromatic heterocycles. The zero-order valence-electron chi connectivity index (χ0n) is 13.5. The highest BCUT2D eigenvalue weighted by Crippen LogP contribution is 2.32. The van der Waals surface area contributed by atoms with Gasteiger partial charge in [-0.2, -0.15) is 0 Å². The third-order valence-electron chi connectivity index (χ3n) is 4.59. The van der Waals surface area contributed by atoms with Crippen molar-refractivity contribution in [1.29, 1.82) is 0 Å². The van der Waals surface area contributed by atoms with Gasteiger partial charge >= 0.3 is 0 Å². The Hall–Kier alpha value is -1.35. The molecule has 0 bridgehead atoms. The summed E-state index contributed by atoms with van der Waals surface area (Å²) >= 11 is 0. The molecule has 0 saturated heterocycles. The molecule has 1 aromatic rings. The summed E-state index contributed by atoms with van der Waals surface area (Å²) in [5.74, 6) is 0.437. The van der Waals surface area contributed by atoms with Gasteiger partial charge in [-0.05, 0) is 42.7 Å². The Kier molecular flexibility index (Phi) is 5.04. The maximum absolute atomic E-state index is 12.3. The number of carbonyl (C=O) groups excluding carboxylic acids is 1. The minimum Gasteiger partial charge on any atom is -0.349 e. The third kappa shape index (κ3) is 4.07. The molecule has 0 aliphatic heterocycles. The summed E-state index contributed by atoms with van der Waals surface area (Å²) in [7, 11) is 0. The number of nitrogens with one attached hydrogen (secondary N) is 1. The van der Waals surface area contributed by atoms with Crippen molar-refractivity contribution in [2.75, 3.05) is 0 Å². The monoisotopic (exact) mass is 288 g/mol. The average molecular weight is 288 g/mol. The highest BCUT2D eigenvalue weighted by molar-refractivity contribution is 5.78. The molecule has 1 fully saturated rings. The fourth-order valence-electron chi connectivity index (χ4n) is 2.95. The van der Waals surface area contributed by atoms with Crippen LogP contribution in [-0.2, 0) is 11.2 Å². The summed E-state index contributed by atoms with van der Waals surface area (Å²) in [4.78, 5) is 12.3. The van der Waals surface area contributed by atoms with Crippen LogP contribution in [0.2, 0.25) is 0 Å². The van der Waals surface area contributed by atoms with Crippen LogP contribution in [0.5, 0.6) is 0 Å². The number of hydrogen-bond donors (Lipinski definition) is 2. The second-order valence-corrected chi connectivity index (χ2v) is 6.78. The van der Waals surface area contributed by atoms with Crippen LogP contribution >= 0.6 is 0 Å². The molecular weight excluding hydrogens is 260 g/mol. The molecule has 1 unspecified atom stereocenters. The molecule has 1 amide bonds. The van der Waals surface area contributed by atoms with E-state index in [9.17, 15) is 4.79 Å². The quantitative estimate of drug-likeness (QED) is 0.843. The minimum absolute atomic E-state index is 0.0621. The summed E-state index contributed by atoms with van der Waals surface area (Å²) in [5.41, 5.74) is 8.42. The lowest BCUT2D eigenvalue weighted by molar-refractivity contribution is -0.124. The summed E-state index contributed by atoms with van der Waals surface area (Å²) in [6.45, 7) is 6.43. The Labute approximate surface area is 128 Å². The summed E-state index contributed by atoms with van der Waals surface area (Å²) in [5, 5.41) is 3.18. The highest BCUT2D eigenvalue weighted by Gasteiger charge is 2.35. The predicted octanol–water partition coefficient (Wildman–Crippen LogP) is 3.33. The van der Waals surface area contributed by atoms with E-state index in [0.29, 0.717) is 12.3 Å². The van der Waals surface area contributed by atoms with Crippen LogP contribution in [0.4, 0.5) is 0 Å². The number of amides is 1. The van der Waals surface area contributed by atoms with E-state index >= 15 is 0 Å². The second kappa shape index (κ2) is 6.61. The number of aryl methyl sites for hydroxylation is 1. The topological polar surface area (TPSA) is 55.1 Å². The van der Waals surface area contributed by atoms with Crippen LogP contribution in [0.15, 0.2) is 24.3 Å². The second-order valence-electron chi connectivity index (χ2n) is 6.78. The first-order chi connectivity index (χ1) is 9.93. The Balaban J connectivity index is 2.02. The molecule has 1 aliphatic carbocycles. The van der Waals surface area contributed by atoms with Gasteiger partial charge in [0.1, 0.15) is 0 Å². The molecule has 3 N–H and O–H groups in total. The normalized spacial score (nSPS) is 18.1.